The van der Waals surface area contributed by atoms with Crippen LogP contribution in [0.15, 0.2) is 24.5 Å². The molecule has 1 heterocycles. The largest absolute Gasteiger partial charge is 0.464 e. The van der Waals surface area contributed by atoms with Crippen molar-refractivity contribution in [2.45, 2.75) is 86.7 Å². The average Bonchev–Trinajstić information content (AvgIpc) is 3.18. The molecule has 2 aromatic rings. The van der Waals surface area contributed by atoms with E-state index in [-0.39, 0.29) is 5.69 Å². The Morgan fingerprint density at radius 1 is 1.24 bits per heavy atom. The minimum absolute atomic E-state index is 0.289. The summed E-state index contributed by atoms with van der Waals surface area (Å²) < 4.78 is 4.69. The molecule has 0 radical (unpaired) electrons. The first kappa shape index (κ1) is 28.4. The summed E-state index contributed by atoms with van der Waals surface area (Å²) in [5.41, 5.74) is 7.24. The number of carbonyl (C=O) groups excluding carboxylic acids is 2. The SMILES string of the molecule is CC=O.CCCC(C)(C)C.COC(=O)c1cc(CNC2CCc3c2ccc(C)c3C)ncn1. The van der Waals surface area contributed by atoms with Crippen LogP contribution in [0.5, 0.6) is 0 Å². The van der Waals surface area contributed by atoms with Gasteiger partial charge < -0.3 is 14.8 Å². The van der Waals surface area contributed by atoms with Crippen molar-refractivity contribution < 1.29 is 14.3 Å². The minimum Gasteiger partial charge on any atom is -0.464 e. The lowest BCUT2D eigenvalue weighted by molar-refractivity contribution is -0.106. The van der Waals surface area contributed by atoms with Gasteiger partial charge in [-0.3, -0.25) is 0 Å². The minimum atomic E-state index is -0.439. The van der Waals surface area contributed by atoms with E-state index < -0.39 is 5.97 Å². The molecule has 1 aliphatic rings. The van der Waals surface area contributed by atoms with Gasteiger partial charge in [0.25, 0.3) is 0 Å². The Hall–Kier alpha value is -2.60. The Balaban J connectivity index is 0.000000462. The van der Waals surface area contributed by atoms with Crippen molar-refractivity contribution >= 4 is 12.3 Å². The first-order valence-corrected chi connectivity index (χ1v) is 11.7. The zero-order valence-electron chi connectivity index (χ0n) is 21.6. The number of methoxy groups -OCH3 is 1. The quantitative estimate of drug-likeness (QED) is 0.460. The van der Waals surface area contributed by atoms with Crippen molar-refractivity contribution in [3.05, 3.63) is 58.2 Å². The number of benzene rings is 1. The van der Waals surface area contributed by atoms with E-state index in [9.17, 15) is 4.79 Å². The molecule has 1 atom stereocenters. The van der Waals surface area contributed by atoms with Crippen molar-refractivity contribution in [1.82, 2.24) is 15.3 Å². The summed E-state index contributed by atoms with van der Waals surface area (Å²) in [7, 11) is 1.35. The lowest BCUT2D eigenvalue weighted by Crippen LogP contribution is -2.20. The van der Waals surface area contributed by atoms with Crippen LogP contribution in [0.4, 0.5) is 0 Å². The van der Waals surface area contributed by atoms with Gasteiger partial charge in [-0.05, 0) is 73.8 Å². The average molecular weight is 456 g/mol. The van der Waals surface area contributed by atoms with Crippen molar-refractivity contribution in [2.24, 2.45) is 5.41 Å². The Morgan fingerprint density at radius 2 is 1.91 bits per heavy atom. The van der Waals surface area contributed by atoms with E-state index in [2.05, 4.69) is 69.0 Å². The topological polar surface area (TPSA) is 81.2 Å². The molecule has 1 aromatic heterocycles. The molecule has 33 heavy (non-hydrogen) atoms. The second-order valence-electron chi connectivity index (χ2n) is 9.48. The third kappa shape index (κ3) is 9.42. The van der Waals surface area contributed by atoms with Gasteiger partial charge in [0.15, 0.2) is 5.69 Å². The number of rotatable bonds is 5. The third-order valence-electron chi connectivity index (χ3n) is 5.61. The van der Waals surface area contributed by atoms with Crippen LogP contribution < -0.4 is 5.32 Å². The molecule has 1 N–H and O–H groups in total. The van der Waals surface area contributed by atoms with Gasteiger partial charge in [-0.1, -0.05) is 46.2 Å². The van der Waals surface area contributed by atoms with Crippen molar-refractivity contribution in [3.63, 3.8) is 0 Å². The highest BCUT2D eigenvalue weighted by molar-refractivity contribution is 5.87. The van der Waals surface area contributed by atoms with Crippen LogP contribution in [0.3, 0.4) is 0 Å². The number of aryl methyl sites for hydroxylation is 1. The lowest BCUT2D eigenvalue weighted by Gasteiger charge is -2.15. The molecular formula is C27H41N3O3. The van der Waals surface area contributed by atoms with E-state index in [0.29, 0.717) is 18.0 Å². The molecule has 1 aliphatic carbocycles. The van der Waals surface area contributed by atoms with E-state index >= 15 is 0 Å². The van der Waals surface area contributed by atoms with Crippen LogP contribution in [0, 0.1) is 19.3 Å². The van der Waals surface area contributed by atoms with Gasteiger partial charge in [0, 0.05) is 12.6 Å². The van der Waals surface area contributed by atoms with E-state index in [1.807, 2.05) is 0 Å². The monoisotopic (exact) mass is 455 g/mol. The number of hydrogen-bond acceptors (Lipinski definition) is 6. The van der Waals surface area contributed by atoms with Crippen molar-refractivity contribution in [3.8, 4) is 0 Å². The molecule has 6 heteroatoms. The van der Waals surface area contributed by atoms with Gasteiger partial charge in [0.1, 0.15) is 12.6 Å². The summed E-state index contributed by atoms with van der Waals surface area (Å²) in [5.74, 6) is -0.439. The summed E-state index contributed by atoms with van der Waals surface area (Å²) >= 11 is 0. The van der Waals surface area contributed by atoms with Crippen LogP contribution in [0.2, 0.25) is 0 Å². The number of nitrogens with zero attached hydrogens (tertiary/aromatic N) is 2. The molecule has 0 spiro atoms. The van der Waals surface area contributed by atoms with Crippen LogP contribution in [0.1, 0.15) is 98.4 Å². The molecule has 1 aromatic carbocycles. The fourth-order valence-electron chi connectivity index (χ4n) is 3.90. The summed E-state index contributed by atoms with van der Waals surface area (Å²) in [6, 6.07) is 6.42. The Bertz CT molecular complexity index is 904. The molecule has 1 unspecified atom stereocenters. The standard InChI is InChI=1S/C18H21N3O2.C7H16.C2H4O/c1-11-4-5-15-14(12(11)2)6-7-16(15)19-9-13-8-17(18(22)23-3)21-10-20-13;1-5-6-7(2,3)4;1-2-3/h4-5,8,10,16,19H,6-7,9H2,1-3H3;5-6H2,1-4H3;2H,1H3. The van der Waals surface area contributed by atoms with Crippen LogP contribution in [-0.2, 0) is 22.5 Å². The summed E-state index contributed by atoms with van der Waals surface area (Å²) in [6.07, 6.45) is 7.00. The Morgan fingerprint density at radius 3 is 2.45 bits per heavy atom. The Labute approximate surface area is 199 Å². The number of aromatic nitrogens is 2. The predicted molar refractivity (Wildman–Crippen MR) is 133 cm³/mol. The van der Waals surface area contributed by atoms with Crippen LogP contribution in [-0.4, -0.2) is 29.3 Å². The zero-order chi connectivity index (χ0) is 25.0. The first-order chi connectivity index (χ1) is 15.6. The molecule has 0 amide bonds. The van der Waals surface area contributed by atoms with E-state index in [4.69, 9.17) is 9.53 Å². The maximum absolute atomic E-state index is 11.5. The third-order valence-corrected chi connectivity index (χ3v) is 5.61. The van der Waals surface area contributed by atoms with E-state index in [1.54, 1.807) is 6.07 Å². The maximum atomic E-state index is 11.5. The van der Waals surface area contributed by atoms with Crippen LogP contribution >= 0.6 is 0 Å². The second kappa shape index (κ2) is 13.8. The first-order valence-electron chi connectivity index (χ1n) is 11.7. The van der Waals surface area contributed by atoms with Gasteiger partial charge in [0.05, 0.1) is 12.8 Å². The fraction of sp³-hybridized carbons (Fsp3) is 0.556. The second-order valence-corrected chi connectivity index (χ2v) is 9.48. The lowest BCUT2D eigenvalue weighted by atomic mass is 9.91. The number of carbonyl (C=O) groups is 2. The number of aldehydes is 1. The maximum Gasteiger partial charge on any atom is 0.356 e. The molecule has 3 rings (SSSR count). The van der Waals surface area contributed by atoms with Gasteiger partial charge in [-0.15, -0.1) is 0 Å². The molecular weight excluding hydrogens is 414 g/mol. The molecule has 0 bridgehead atoms. The number of ether oxygens (including phenoxy) is 1. The highest BCUT2D eigenvalue weighted by atomic mass is 16.5. The molecule has 0 saturated heterocycles. The van der Waals surface area contributed by atoms with Crippen LogP contribution in [0.25, 0.3) is 0 Å². The number of fused-ring (bicyclic) bond motifs is 1. The van der Waals surface area contributed by atoms with E-state index in [1.165, 1.54) is 55.5 Å². The van der Waals surface area contributed by atoms with Gasteiger partial charge in [0.2, 0.25) is 0 Å². The molecule has 182 valence electrons. The fourth-order valence-corrected chi connectivity index (χ4v) is 3.90. The molecule has 6 nitrogen and oxygen atoms in total. The predicted octanol–water partition coefficient (Wildman–Crippen LogP) is 5.69. The molecule has 0 fully saturated rings. The van der Waals surface area contributed by atoms with Crippen molar-refractivity contribution in [2.75, 3.05) is 7.11 Å². The number of nitrogens with one attached hydrogen (secondary N) is 1. The van der Waals surface area contributed by atoms with E-state index in [0.717, 1.165) is 24.8 Å². The summed E-state index contributed by atoms with van der Waals surface area (Å²) in [6.45, 7) is 15.5. The highest BCUT2D eigenvalue weighted by Crippen LogP contribution is 2.34. The summed E-state index contributed by atoms with van der Waals surface area (Å²) in [4.78, 5) is 28.5. The number of hydrogen-bond donors (Lipinski definition) is 1. The molecule has 0 saturated carbocycles. The Kier molecular flexibility index (Phi) is 11.9. The van der Waals surface area contributed by atoms with Gasteiger partial charge in [-0.2, -0.15) is 0 Å². The van der Waals surface area contributed by atoms with Gasteiger partial charge in [-0.25, -0.2) is 14.8 Å². The smallest absolute Gasteiger partial charge is 0.356 e. The molecule has 0 aliphatic heterocycles. The van der Waals surface area contributed by atoms with Crippen molar-refractivity contribution in [1.29, 1.82) is 0 Å². The summed E-state index contributed by atoms with van der Waals surface area (Å²) in [5, 5.41) is 3.54. The van der Waals surface area contributed by atoms with Gasteiger partial charge >= 0.3 is 5.97 Å². The number of esters is 1. The zero-order valence-corrected chi connectivity index (χ0v) is 21.6. The highest BCUT2D eigenvalue weighted by Gasteiger charge is 2.24. The normalized spacial score (nSPS) is 14.2.